The number of piperidine rings is 1. The molecule has 0 unspecified atom stereocenters. The van der Waals surface area contributed by atoms with Gasteiger partial charge < -0.3 is 5.32 Å². The minimum absolute atomic E-state index is 0.226. The fraction of sp³-hybridized carbons (Fsp3) is 0.591. The van der Waals surface area contributed by atoms with Gasteiger partial charge in [0.25, 0.3) is 0 Å². The number of imide groups is 1. The number of urea groups is 1. The molecule has 3 fully saturated rings. The van der Waals surface area contributed by atoms with Gasteiger partial charge in [-0.1, -0.05) is 0 Å². The number of hydrogen-bond acceptors (Lipinski definition) is 6. The molecule has 3 amide bonds. The molecule has 166 valence electrons. The third-order valence-corrected chi connectivity index (χ3v) is 6.86. The number of carbonyl (C=O) groups is 2. The molecule has 0 aromatic carbocycles. The number of amides is 3. The lowest BCUT2D eigenvalue weighted by Crippen LogP contribution is -2.56. The average Bonchev–Trinajstić information content (AvgIpc) is 3.17. The normalized spacial score (nSPS) is 24.7. The predicted molar refractivity (Wildman–Crippen MR) is 118 cm³/mol. The van der Waals surface area contributed by atoms with Crippen molar-refractivity contribution in [3.63, 3.8) is 0 Å². The number of pyridine rings is 1. The first-order valence-electron chi connectivity index (χ1n) is 11.3. The fourth-order valence-electron chi connectivity index (χ4n) is 5.24. The second-order valence-electron chi connectivity index (χ2n) is 8.95. The highest BCUT2D eigenvalue weighted by Gasteiger charge is 2.30. The van der Waals surface area contributed by atoms with Gasteiger partial charge in [0.05, 0.1) is 17.4 Å². The van der Waals surface area contributed by atoms with Crippen LogP contribution in [0.25, 0.3) is 5.52 Å². The number of piperazine rings is 1. The fourth-order valence-corrected chi connectivity index (χ4v) is 5.24. The van der Waals surface area contributed by atoms with E-state index in [4.69, 9.17) is 0 Å². The van der Waals surface area contributed by atoms with Crippen LogP contribution in [0.5, 0.6) is 0 Å². The third kappa shape index (κ3) is 4.17. The number of fused-ring (bicyclic) bond motifs is 1. The maximum atomic E-state index is 12.3. The summed E-state index contributed by atoms with van der Waals surface area (Å²) in [6.45, 7) is 9.14. The van der Waals surface area contributed by atoms with Crippen molar-refractivity contribution in [2.75, 3.05) is 44.2 Å². The molecule has 2 N–H and O–H groups in total. The maximum Gasteiger partial charge on any atom is 0.328 e. The van der Waals surface area contributed by atoms with Gasteiger partial charge in [0.1, 0.15) is 0 Å². The molecular formula is C22H31N7O2. The van der Waals surface area contributed by atoms with Crippen LogP contribution in [-0.2, 0) is 11.3 Å². The van der Waals surface area contributed by atoms with E-state index in [1.807, 2.05) is 6.20 Å². The number of rotatable bonds is 4. The summed E-state index contributed by atoms with van der Waals surface area (Å²) in [5.41, 5.74) is 2.85. The summed E-state index contributed by atoms with van der Waals surface area (Å²) < 4.78 is 1.79. The molecule has 9 heteroatoms. The number of anilines is 1. The summed E-state index contributed by atoms with van der Waals surface area (Å²) in [6, 6.07) is 5.12. The monoisotopic (exact) mass is 425 g/mol. The van der Waals surface area contributed by atoms with E-state index in [2.05, 4.69) is 44.6 Å². The van der Waals surface area contributed by atoms with Crippen molar-refractivity contribution in [1.82, 2.24) is 30.0 Å². The summed E-state index contributed by atoms with van der Waals surface area (Å²) in [5.74, 6) is -0.226. The number of nitrogens with one attached hydrogen (secondary N) is 2. The summed E-state index contributed by atoms with van der Waals surface area (Å²) in [6.07, 6.45) is 6.47. The van der Waals surface area contributed by atoms with E-state index >= 15 is 0 Å². The average molecular weight is 426 g/mol. The van der Waals surface area contributed by atoms with E-state index in [1.165, 1.54) is 18.4 Å². The Hall–Kier alpha value is -2.49. The highest BCUT2D eigenvalue weighted by molar-refractivity contribution is 6.07. The molecule has 9 nitrogen and oxygen atoms in total. The molecule has 5 rings (SSSR count). The lowest BCUT2D eigenvalue weighted by Gasteiger charge is -2.45. The Bertz CT molecular complexity index is 968. The second kappa shape index (κ2) is 8.57. The van der Waals surface area contributed by atoms with Crippen molar-refractivity contribution in [1.29, 1.82) is 0 Å². The van der Waals surface area contributed by atoms with Gasteiger partial charge in [-0.3, -0.25) is 24.8 Å². The molecular weight excluding hydrogens is 394 g/mol. The van der Waals surface area contributed by atoms with E-state index in [0.29, 0.717) is 25.0 Å². The minimum Gasteiger partial charge on any atom is -0.317 e. The van der Waals surface area contributed by atoms with Crippen LogP contribution in [0.3, 0.4) is 0 Å². The van der Waals surface area contributed by atoms with Gasteiger partial charge in [-0.05, 0) is 50.6 Å². The highest BCUT2D eigenvalue weighted by Crippen LogP contribution is 2.25. The van der Waals surface area contributed by atoms with Crippen LogP contribution in [-0.4, -0.2) is 82.7 Å². The Morgan fingerprint density at radius 1 is 1.16 bits per heavy atom. The van der Waals surface area contributed by atoms with Crippen LogP contribution in [0.4, 0.5) is 10.5 Å². The standard InChI is InChI=1S/C22H31N7O2/c1-16-14-26(10-11-27(16)18-2-6-23-7-3-18)15-17-4-9-29-19(12-17)20(13-24-29)28-8-5-21(30)25-22(28)31/h4,9,12-13,16,18,23H,2-3,5-8,10-11,14-15H2,1H3,(H,25,30,31)/t16-/m0/s1. The van der Waals surface area contributed by atoms with Crippen LogP contribution in [0.15, 0.2) is 24.5 Å². The van der Waals surface area contributed by atoms with Crippen LogP contribution >= 0.6 is 0 Å². The lowest BCUT2D eigenvalue weighted by molar-refractivity contribution is -0.120. The molecule has 0 aliphatic carbocycles. The topological polar surface area (TPSA) is 85.2 Å². The number of carbonyl (C=O) groups excluding carboxylic acids is 2. The van der Waals surface area contributed by atoms with E-state index in [-0.39, 0.29) is 11.9 Å². The molecule has 0 radical (unpaired) electrons. The predicted octanol–water partition coefficient (Wildman–Crippen LogP) is 1.04. The summed E-state index contributed by atoms with van der Waals surface area (Å²) in [4.78, 5) is 30.6. The molecule has 31 heavy (non-hydrogen) atoms. The van der Waals surface area contributed by atoms with Crippen LogP contribution in [0, 0.1) is 0 Å². The number of hydrogen-bond donors (Lipinski definition) is 2. The summed E-state index contributed by atoms with van der Waals surface area (Å²) in [5, 5.41) is 10.3. The van der Waals surface area contributed by atoms with Gasteiger partial charge in [0.15, 0.2) is 0 Å². The zero-order valence-corrected chi connectivity index (χ0v) is 18.1. The van der Waals surface area contributed by atoms with Gasteiger partial charge in [0.2, 0.25) is 5.91 Å². The van der Waals surface area contributed by atoms with Crippen molar-refractivity contribution < 1.29 is 9.59 Å². The molecule has 0 bridgehead atoms. The van der Waals surface area contributed by atoms with E-state index in [9.17, 15) is 9.59 Å². The lowest BCUT2D eigenvalue weighted by atomic mass is 10.0. The van der Waals surface area contributed by atoms with Crippen molar-refractivity contribution >= 4 is 23.1 Å². The quantitative estimate of drug-likeness (QED) is 0.762. The van der Waals surface area contributed by atoms with Crippen LogP contribution < -0.4 is 15.5 Å². The number of aromatic nitrogens is 2. The molecule has 2 aromatic heterocycles. The van der Waals surface area contributed by atoms with Gasteiger partial charge in [-0.25, -0.2) is 9.31 Å². The zero-order chi connectivity index (χ0) is 21.4. The van der Waals surface area contributed by atoms with Gasteiger partial charge >= 0.3 is 6.03 Å². The largest absolute Gasteiger partial charge is 0.328 e. The minimum atomic E-state index is -0.376. The van der Waals surface area contributed by atoms with E-state index in [1.54, 1.807) is 15.6 Å². The maximum absolute atomic E-state index is 12.3. The van der Waals surface area contributed by atoms with Crippen molar-refractivity contribution in [3.8, 4) is 0 Å². The van der Waals surface area contributed by atoms with Crippen molar-refractivity contribution in [2.24, 2.45) is 0 Å². The summed E-state index contributed by atoms with van der Waals surface area (Å²) in [7, 11) is 0. The Morgan fingerprint density at radius 3 is 2.77 bits per heavy atom. The Labute approximate surface area is 182 Å². The molecule has 3 aliphatic heterocycles. The zero-order valence-electron chi connectivity index (χ0n) is 18.1. The van der Waals surface area contributed by atoms with Crippen LogP contribution in [0.2, 0.25) is 0 Å². The molecule has 0 saturated carbocycles. The molecule has 2 aromatic rings. The third-order valence-electron chi connectivity index (χ3n) is 6.86. The first-order chi connectivity index (χ1) is 15.1. The molecule has 3 aliphatic rings. The van der Waals surface area contributed by atoms with Gasteiger partial charge in [-0.2, -0.15) is 5.10 Å². The van der Waals surface area contributed by atoms with Crippen LogP contribution in [0.1, 0.15) is 31.7 Å². The van der Waals surface area contributed by atoms with Gasteiger partial charge in [-0.15, -0.1) is 0 Å². The molecule has 0 spiro atoms. The Morgan fingerprint density at radius 2 is 2.00 bits per heavy atom. The highest BCUT2D eigenvalue weighted by atomic mass is 16.2. The van der Waals surface area contributed by atoms with E-state index < -0.39 is 0 Å². The SMILES string of the molecule is C[C@H]1CN(Cc2ccn3ncc(N4CCC(=O)NC4=O)c3c2)CCN1C1CCNCC1. The Balaban J connectivity index is 1.28. The van der Waals surface area contributed by atoms with Crippen molar-refractivity contribution in [2.45, 2.75) is 44.8 Å². The number of nitrogens with zero attached hydrogens (tertiary/aromatic N) is 5. The van der Waals surface area contributed by atoms with Crippen molar-refractivity contribution in [3.05, 3.63) is 30.1 Å². The smallest absolute Gasteiger partial charge is 0.317 e. The second-order valence-corrected chi connectivity index (χ2v) is 8.95. The van der Waals surface area contributed by atoms with E-state index in [0.717, 1.165) is 50.5 Å². The molecule has 5 heterocycles. The molecule has 1 atom stereocenters. The Kier molecular flexibility index (Phi) is 5.64. The first kappa shape index (κ1) is 20.4. The molecule has 3 saturated heterocycles. The summed E-state index contributed by atoms with van der Waals surface area (Å²) >= 11 is 0. The first-order valence-corrected chi connectivity index (χ1v) is 11.3. The van der Waals surface area contributed by atoms with Gasteiger partial charge in [0, 0.05) is 57.4 Å².